The summed E-state index contributed by atoms with van der Waals surface area (Å²) in [6.07, 6.45) is -2.15. The molecule has 0 aromatic rings. The van der Waals surface area contributed by atoms with Gasteiger partial charge in [0.15, 0.2) is 0 Å². The Bertz CT molecular complexity index is 405. The number of rotatable bonds is 0. The van der Waals surface area contributed by atoms with Crippen molar-refractivity contribution in [2.24, 2.45) is 0 Å². The summed E-state index contributed by atoms with van der Waals surface area (Å²) in [6, 6.07) is 0. The number of amides is 2. The van der Waals surface area contributed by atoms with E-state index < -0.39 is 35.3 Å². The third kappa shape index (κ3) is 10.3. The molecule has 0 aromatic carbocycles. The van der Waals surface area contributed by atoms with Gasteiger partial charge < -0.3 is 19.1 Å². The maximum atomic E-state index is 11.2. The largest absolute Gasteiger partial charge is 0.443 e. The third-order valence-electron chi connectivity index (χ3n) is 1.42. The molecule has 0 fully saturated rings. The standard InChI is InChI=1S/C12H20N2O8/c1-11(2,3)19-9(17)13-21-7(15)8(16)22-14-10(18)20-12(4,5)6/h1-6H3,(H,13,17)(H,14,18). The van der Waals surface area contributed by atoms with Crippen LogP contribution < -0.4 is 11.0 Å². The van der Waals surface area contributed by atoms with Gasteiger partial charge in [0.1, 0.15) is 11.2 Å². The molecule has 0 atom stereocenters. The average molecular weight is 320 g/mol. The fourth-order valence-electron chi connectivity index (χ4n) is 0.857. The van der Waals surface area contributed by atoms with Crippen molar-refractivity contribution in [3.05, 3.63) is 0 Å². The van der Waals surface area contributed by atoms with Gasteiger partial charge in [0.25, 0.3) is 0 Å². The number of ether oxygens (including phenoxy) is 2. The van der Waals surface area contributed by atoms with Crippen molar-refractivity contribution < 1.29 is 38.3 Å². The van der Waals surface area contributed by atoms with E-state index in [1.807, 2.05) is 0 Å². The SMILES string of the molecule is CC(C)(C)OC(=O)NOC(=O)C(=O)ONC(=O)OC(C)(C)C. The van der Waals surface area contributed by atoms with Gasteiger partial charge in [-0.2, -0.15) is 0 Å². The Kier molecular flexibility index (Phi) is 6.62. The molecule has 10 nitrogen and oxygen atoms in total. The molecule has 0 heterocycles. The molecular weight excluding hydrogens is 300 g/mol. The Morgan fingerprint density at radius 2 is 0.909 bits per heavy atom. The van der Waals surface area contributed by atoms with E-state index in [1.54, 1.807) is 52.5 Å². The van der Waals surface area contributed by atoms with Crippen LogP contribution in [0.1, 0.15) is 41.5 Å². The van der Waals surface area contributed by atoms with Crippen molar-refractivity contribution in [2.45, 2.75) is 52.7 Å². The highest BCUT2D eigenvalue weighted by Gasteiger charge is 2.24. The van der Waals surface area contributed by atoms with Crippen LogP contribution in [-0.2, 0) is 28.7 Å². The number of carbonyl (C=O) groups is 4. The second-order valence-corrected chi connectivity index (χ2v) is 5.99. The highest BCUT2D eigenvalue weighted by molar-refractivity contribution is 6.29. The summed E-state index contributed by atoms with van der Waals surface area (Å²) in [6.45, 7) is 9.54. The lowest BCUT2D eigenvalue weighted by Gasteiger charge is -2.19. The molecule has 0 aliphatic heterocycles. The molecule has 0 rings (SSSR count). The molecule has 22 heavy (non-hydrogen) atoms. The minimum atomic E-state index is -1.57. The molecule has 0 aromatic heterocycles. The predicted octanol–water partition coefficient (Wildman–Crippen LogP) is 0.952. The number of carbonyl (C=O) groups excluding carboxylic acids is 4. The van der Waals surface area contributed by atoms with E-state index in [0.717, 1.165) is 0 Å². The lowest BCUT2D eigenvalue weighted by molar-refractivity contribution is -0.175. The van der Waals surface area contributed by atoms with Gasteiger partial charge in [0.2, 0.25) is 0 Å². The Morgan fingerprint density at radius 3 is 1.14 bits per heavy atom. The first-order valence-electron chi connectivity index (χ1n) is 6.20. The van der Waals surface area contributed by atoms with Gasteiger partial charge in [-0.15, -0.1) is 11.0 Å². The van der Waals surface area contributed by atoms with Crippen molar-refractivity contribution in [1.29, 1.82) is 0 Å². The maximum Gasteiger partial charge on any atom is 0.443 e. The van der Waals surface area contributed by atoms with E-state index in [2.05, 4.69) is 9.68 Å². The lowest BCUT2D eigenvalue weighted by Crippen LogP contribution is -2.39. The highest BCUT2D eigenvalue weighted by Crippen LogP contribution is 2.07. The van der Waals surface area contributed by atoms with Crippen LogP contribution >= 0.6 is 0 Å². The lowest BCUT2D eigenvalue weighted by atomic mass is 10.2. The summed E-state index contributed by atoms with van der Waals surface area (Å²) in [5.74, 6) is -3.14. The zero-order valence-corrected chi connectivity index (χ0v) is 13.3. The van der Waals surface area contributed by atoms with Crippen molar-refractivity contribution in [2.75, 3.05) is 0 Å². The van der Waals surface area contributed by atoms with Crippen molar-refractivity contribution >= 4 is 24.1 Å². The molecule has 0 aliphatic rings. The predicted molar refractivity (Wildman–Crippen MR) is 70.9 cm³/mol. The smallest absolute Gasteiger partial charge is 0.442 e. The van der Waals surface area contributed by atoms with Crippen molar-refractivity contribution in [3.8, 4) is 0 Å². The van der Waals surface area contributed by atoms with Crippen LogP contribution in [0.25, 0.3) is 0 Å². The quantitative estimate of drug-likeness (QED) is 0.383. The van der Waals surface area contributed by atoms with Crippen LogP contribution in [0.5, 0.6) is 0 Å². The second kappa shape index (κ2) is 7.48. The van der Waals surface area contributed by atoms with Gasteiger partial charge in [0, 0.05) is 0 Å². The Morgan fingerprint density at radius 1 is 0.636 bits per heavy atom. The Balaban J connectivity index is 4.11. The molecule has 0 aliphatic carbocycles. The number of hydrogen-bond acceptors (Lipinski definition) is 8. The number of nitrogens with one attached hydrogen (secondary N) is 2. The summed E-state index contributed by atoms with van der Waals surface area (Å²) in [7, 11) is 0. The molecule has 0 unspecified atom stereocenters. The van der Waals surface area contributed by atoms with Gasteiger partial charge in [-0.3, -0.25) is 0 Å². The second-order valence-electron chi connectivity index (χ2n) is 5.99. The molecule has 10 heteroatoms. The van der Waals surface area contributed by atoms with Crippen LogP contribution in [0.4, 0.5) is 9.59 Å². The third-order valence-corrected chi connectivity index (χ3v) is 1.42. The van der Waals surface area contributed by atoms with Crippen LogP contribution in [0.15, 0.2) is 0 Å². The molecule has 2 amide bonds. The molecular formula is C12H20N2O8. The normalized spacial score (nSPS) is 11.0. The van der Waals surface area contributed by atoms with Crippen LogP contribution in [-0.4, -0.2) is 35.3 Å². The molecule has 2 N–H and O–H groups in total. The summed E-state index contributed by atoms with van der Waals surface area (Å²) in [4.78, 5) is 52.8. The maximum absolute atomic E-state index is 11.2. The molecule has 0 radical (unpaired) electrons. The molecule has 126 valence electrons. The van der Waals surface area contributed by atoms with Crippen LogP contribution in [0.2, 0.25) is 0 Å². The summed E-state index contributed by atoms with van der Waals surface area (Å²) >= 11 is 0. The van der Waals surface area contributed by atoms with Gasteiger partial charge in [0.05, 0.1) is 0 Å². The summed E-state index contributed by atoms with van der Waals surface area (Å²) in [5.41, 5.74) is 1.56. The summed E-state index contributed by atoms with van der Waals surface area (Å²) in [5, 5.41) is 0. The zero-order chi connectivity index (χ0) is 17.6. The van der Waals surface area contributed by atoms with E-state index in [-0.39, 0.29) is 0 Å². The fourth-order valence-corrected chi connectivity index (χ4v) is 0.857. The molecule has 0 bridgehead atoms. The molecule has 0 spiro atoms. The Hall–Kier alpha value is -2.52. The van der Waals surface area contributed by atoms with Crippen LogP contribution in [0, 0.1) is 0 Å². The first-order chi connectivity index (χ1) is 9.80. The first kappa shape index (κ1) is 19.5. The minimum absolute atomic E-state index is 0.810. The topological polar surface area (TPSA) is 129 Å². The molecule has 0 saturated heterocycles. The van der Waals surface area contributed by atoms with Crippen molar-refractivity contribution in [1.82, 2.24) is 11.0 Å². The average Bonchev–Trinajstić information content (AvgIpc) is 2.28. The zero-order valence-electron chi connectivity index (χ0n) is 13.3. The van der Waals surface area contributed by atoms with E-state index in [4.69, 9.17) is 9.47 Å². The monoisotopic (exact) mass is 320 g/mol. The van der Waals surface area contributed by atoms with Gasteiger partial charge in [-0.05, 0) is 41.5 Å². The number of hydrogen-bond donors (Lipinski definition) is 2. The van der Waals surface area contributed by atoms with Crippen molar-refractivity contribution in [3.63, 3.8) is 0 Å². The van der Waals surface area contributed by atoms with E-state index in [0.29, 0.717) is 0 Å². The number of hydroxylamine groups is 2. The summed E-state index contributed by atoms with van der Waals surface area (Å²) < 4.78 is 9.50. The van der Waals surface area contributed by atoms with Gasteiger partial charge in [-0.25, -0.2) is 19.2 Å². The van der Waals surface area contributed by atoms with E-state index >= 15 is 0 Å². The van der Waals surface area contributed by atoms with Crippen LogP contribution in [0.3, 0.4) is 0 Å². The highest BCUT2D eigenvalue weighted by atomic mass is 16.8. The first-order valence-corrected chi connectivity index (χ1v) is 6.20. The Labute approximate surface area is 127 Å². The van der Waals surface area contributed by atoms with E-state index in [1.165, 1.54) is 0 Å². The molecule has 0 saturated carbocycles. The minimum Gasteiger partial charge on any atom is -0.442 e. The van der Waals surface area contributed by atoms with E-state index in [9.17, 15) is 19.2 Å². The fraction of sp³-hybridized carbons (Fsp3) is 0.667. The van der Waals surface area contributed by atoms with Gasteiger partial charge in [-0.1, -0.05) is 0 Å². The van der Waals surface area contributed by atoms with Gasteiger partial charge >= 0.3 is 24.1 Å².